The summed E-state index contributed by atoms with van der Waals surface area (Å²) in [5, 5.41) is 33.8. The topological polar surface area (TPSA) is 193 Å². The van der Waals surface area contributed by atoms with Crippen LogP contribution in [-0.2, 0) is 16.0 Å². The van der Waals surface area contributed by atoms with E-state index in [4.69, 9.17) is 17.2 Å². The zero-order valence-electron chi connectivity index (χ0n) is 20.4. The van der Waals surface area contributed by atoms with Gasteiger partial charge in [-0.25, -0.2) is 0 Å². The highest BCUT2D eigenvalue weighted by atomic mass is 16.3. The van der Waals surface area contributed by atoms with Gasteiger partial charge in [0, 0.05) is 22.9 Å². The molecule has 9 N–H and O–H groups in total. The van der Waals surface area contributed by atoms with E-state index in [1.807, 2.05) is 6.07 Å². The number of Topliss-reactive ketones (excluding diaryl/α,β-unsaturated/α-hetero) is 2. The molecule has 0 spiro atoms. The van der Waals surface area contributed by atoms with Gasteiger partial charge in [-0.15, -0.1) is 0 Å². The van der Waals surface area contributed by atoms with Crippen molar-refractivity contribution in [3.05, 3.63) is 70.1 Å². The van der Waals surface area contributed by atoms with Crippen LogP contribution in [0.25, 0.3) is 11.1 Å². The lowest BCUT2D eigenvalue weighted by molar-refractivity contribution is -0.146. The number of nitrogens with two attached hydrogens (primary N) is 3. The van der Waals surface area contributed by atoms with Gasteiger partial charge < -0.3 is 37.4 Å². The molecule has 0 saturated carbocycles. The zero-order chi connectivity index (χ0) is 27.0. The Morgan fingerprint density at radius 2 is 1.81 bits per heavy atom. The molecule has 1 amide bonds. The Kier molecular flexibility index (Phi) is 5.43. The highest BCUT2D eigenvalue weighted by molar-refractivity contribution is 6.25. The lowest BCUT2D eigenvalue weighted by atomic mass is 9.58. The number of carbonyl (C=O) groups is 3. The molecule has 3 aliphatic carbocycles. The summed E-state index contributed by atoms with van der Waals surface area (Å²) in [7, 11) is 3.33. The van der Waals surface area contributed by atoms with Gasteiger partial charge in [-0.1, -0.05) is 18.2 Å². The van der Waals surface area contributed by atoms with Gasteiger partial charge in [0.1, 0.15) is 17.1 Å². The molecule has 10 heteroatoms. The maximum atomic E-state index is 13.8. The van der Waals surface area contributed by atoms with E-state index >= 15 is 0 Å². The van der Waals surface area contributed by atoms with Gasteiger partial charge in [-0.05, 0) is 67.7 Å². The molecule has 2 aromatic carbocycles. The fraction of sp³-hybridized carbons (Fsp3) is 0.296. The number of fused-ring (bicyclic) bond motifs is 3. The minimum atomic E-state index is -2.58. The molecular formula is C27H28N4O6. The largest absolute Gasteiger partial charge is 0.508 e. The molecule has 37 heavy (non-hydrogen) atoms. The highest BCUT2D eigenvalue weighted by Crippen LogP contribution is 2.52. The van der Waals surface area contributed by atoms with Crippen molar-refractivity contribution in [2.24, 2.45) is 23.3 Å². The predicted molar refractivity (Wildman–Crippen MR) is 135 cm³/mol. The van der Waals surface area contributed by atoms with E-state index in [2.05, 4.69) is 0 Å². The Morgan fingerprint density at radius 3 is 2.43 bits per heavy atom. The summed E-state index contributed by atoms with van der Waals surface area (Å²) in [5.74, 6) is -5.65. The zero-order valence-corrected chi connectivity index (χ0v) is 20.4. The second-order valence-corrected chi connectivity index (χ2v) is 10.1. The molecule has 0 heterocycles. The smallest absolute Gasteiger partial charge is 0.254 e. The number of aliphatic hydroxyl groups is 2. The number of phenolic OH excluding ortho intramolecular Hbond substituents is 1. The summed E-state index contributed by atoms with van der Waals surface area (Å²) in [6.45, 7) is 0. The number of carbonyl (C=O) groups excluding carboxylic acids is 3. The number of nitrogen functional groups attached to an aromatic ring is 1. The Bertz CT molecular complexity index is 1460. The van der Waals surface area contributed by atoms with Gasteiger partial charge in [0.25, 0.3) is 5.91 Å². The molecule has 0 aromatic heterocycles. The molecule has 4 atom stereocenters. The number of rotatable bonds is 3. The summed E-state index contributed by atoms with van der Waals surface area (Å²) in [6, 6.07) is 9.40. The van der Waals surface area contributed by atoms with Crippen molar-refractivity contribution in [3.8, 4) is 16.9 Å². The lowest BCUT2D eigenvalue weighted by Gasteiger charge is -2.50. The number of aromatic hydroxyl groups is 1. The second-order valence-electron chi connectivity index (χ2n) is 10.1. The minimum Gasteiger partial charge on any atom is -0.508 e. The van der Waals surface area contributed by atoms with E-state index in [1.165, 1.54) is 6.07 Å². The Hall–Kier alpha value is -4.15. The third-order valence-electron chi connectivity index (χ3n) is 7.87. The van der Waals surface area contributed by atoms with Crippen molar-refractivity contribution < 1.29 is 29.7 Å². The first kappa shape index (κ1) is 24.5. The van der Waals surface area contributed by atoms with Gasteiger partial charge >= 0.3 is 0 Å². The number of allylic oxidation sites excluding steroid dienone is 1. The highest BCUT2D eigenvalue weighted by Gasteiger charge is 2.62. The van der Waals surface area contributed by atoms with Crippen molar-refractivity contribution in [2.75, 3.05) is 19.8 Å². The average Bonchev–Trinajstić information content (AvgIpc) is 2.81. The van der Waals surface area contributed by atoms with Crippen molar-refractivity contribution in [2.45, 2.75) is 24.5 Å². The number of hydrogen-bond acceptors (Lipinski definition) is 9. The fourth-order valence-corrected chi connectivity index (χ4v) is 6.32. The van der Waals surface area contributed by atoms with E-state index < -0.39 is 52.3 Å². The van der Waals surface area contributed by atoms with Crippen LogP contribution < -0.4 is 17.2 Å². The summed E-state index contributed by atoms with van der Waals surface area (Å²) in [5.41, 5.74) is 16.7. The normalized spacial score (nSPS) is 27.2. The van der Waals surface area contributed by atoms with Crippen LogP contribution in [0.15, 0.2) is 59.0 Å². The van der Waals surface area contributed by atoms with Crippen molar-refractivity contribution in [1.29, 1.82) is 0 Å². The maximum absolute atomic E-state index is 13.8. The molecule has 0 saturated heterocycles. The molecule has 3 aliphatic rings. The van der Waals surface area contributed by atoms with Gasteiger partial charge in [-0.3, -0.25) is 14.4 Å². The molecule has 192 valence electrons. The van der Waals surface area contributed by atoms with Crippen LogP contribution in [0.2, 0.25) is 0 Å². The van der Waals surface area contributed by atoms with E-state index in [0.29, 0.717) is 16.8 Å². The van der Waals surface area contributed by atoms with Crippen LogP contribution in [0.5, 0.6) is 5.75 Å². The van der Waals surface area contributed by atoms with E-state index in [9.17, 15) is 29.7 Å². The van der Waals surface area contributed by atoms with E-state index in [1.54, 1.807) is 43.3 Å². The Morgan fingerprint density at radius 1 is 1.11 bits per heavy atom. The molecule has 0 radical (unpaired) electrons. The van der Waals surface area contributed by atoms with Crippen molar-refractivity contribution in [3.63, 3.8) is 0 Å². The number of amides is 1. The second kappa shape index (κ2) is 8.19. The third-order valence-corrected chi connectivity index (χ3v) is 7.87. The number of benzene rings is 2. The first-order valence-electron chi connectivity index (χ1n) is 11.8. The number of ketones is 2. The Labute approximate surface area is 212 Å². The summed E-state index contributed by atoms with van der Waals surface area (Å²) in [6.07, 6.45) is 0.348. The van der Waals surface area contributed by atoms with Gasteiger partial charge in [-0.2, -0.15) is 0 Å². The quantitative estimate of drug-likeness (QED) is 0.259. The molecule has 0 unspecified atom stereocenters. The van der Waals surface area contributed by atoms with Crippen molar-refractivity contribution in [1.82, 2.24) is 4.90 Å². The monoisotopic (exact) mass is 504 g/mol. The first-order chi connectivity index (χ1) is 17.4. The molecular weight excluding hydrogens is 476 g/mol. The number of likely N-dealkylation sites (N-methyl/N-ethyl adjacent to an activating group) is 1. The number of primary amides is 1. The van der Waals surface area contributed by atoms with Crippen LogP contribution in [0, 0.1) is 11.8 Å². The van der Waals surface area contributed by atoms with Crippen molar-refractivity contribution >= 4 is 23.2 Å². The summed E-state index contributed by atoms with van der Waals surface area (Å²) < 4.78 is 0. The number of nitrogens with zero attached hydrogens (tertiary/aromatic N) is 1. The lowest BCUT2D eigenvalue weighted by Crippen LogP contribution is -2.64. The van der Waals surface area contributed by atoms with Gasteiger partial charge in [0.05, 0.1) is 11.6 Å². The average molecular weight is 505 g/mol. The van der Waals surface area contributed by atoms with E-state index in [-0.39, 0.29) is 35.4 Å². The van der Waals surface area contributed by atoms with Crippen LogP contribution in [0.4, 0.5) is 5.69 Å². The number of anilines is 1. The predicted octanol–water partition coefficient (Wildman–Crippen LogP) is 0.771. The summed E-state index contributed by atoms with van der Waals surface area (Å²) in [4.78, 5) is 41.0. The maximum Gasteiger partial charge on any atom is 0.254 e. The molecule has 0 bridgehead atoms. The van der Waals surface area contributed by atoms with Gasteiger partial charge in [0.15, 0.2) is 11.4 Å². The molecule has 5 rings (SSSR count). The van der Waals surface area contributed by atoms with E-state index in [0.717, 1.165) is 5.56 Å². The molecule has 0 aliphatic heterocycles. The number of hydrogen-bond donors (Lipinski definition) is 6. The number of phenols is 1. The fourth-order valence-electron chi connectivity index (χ4n) is 6.32. The molecule has 10 nitrogen and oxygen atoms in total. The standard InChI is InChI=1S/C27H28N4O6/c1-31(2)22-16-10-12-9-15-14(11-4-3-5-13(28)8-11)6-7-17(32)19(15)23(33)18(12)24(34)27(16,37)25(35)20(21(22)29)26(30)36/h3-8,12,16,22,32,34,37H,9-10,28-29H2,1-2H3,(H2,30,36)/t12-,16-,22+,27-/m0/s1. The van der Waals surface area contributed by atoms with Crippen LogP contribution in [0.3, 0.4) is 0 Å². The minimum absolute atomic E-state index is 0.0163. The van der Waals surface area contributed by atoms with Crippen LogP contribution >= 0.6 is 0 Å². The molecule has 2 aromatic rings. The Balaban J connectivity index is 1.73. The van der Waals surface area contributed by atoms with Crippen LogP contribution in [0.1, 0.15) is 22.3 Å². The van der Waals surface area contributed by atoms with Gasteiger partial charge in [0.2, 0.25) is 5.78 Å². The van der Waals surface area contributed by atoms with Crippen LogP contribution in [-0.4, -0.2) is 63.4 Å². The third kappa shape index (κ3) is 3.29. The molecule has 0 fully saturated rings. The number of aliphatic hydroxyl groups excluding tert-OH is 1. The first-order valence-corrected chi connectivity index (χ1v) is 11.8. The SMILES string of the molecule is CN(C)[C@H]1C(N)=C(C(N)=O)C(=O)[C@@]2(O)C(O)=C3C(=O)c4c(O)ccc(-c5cccc(N)c5)c4C[C@H]3C[C@@H]12. The summed E-state index contributed by atoms with van der Waals surface area (Å²) >= 11 is 0.